The largest absolute Gasteiger partial charge is 0.418 e. The zero-order valence-electron chi connectivity index (χ0n) is 11.9. The summed E-state index contributed by atoms with van der Waals surface area (Å²) < 4.78 is 39.7. The van der Waals surface area contributed by atoms with Crippen LogP contribution in [0.2, 0.25) is 0 Å². The van der Waals surface area contributed by atoms with Crippen molar-refractivity contribution in [3.05, 3.63) is 35.2 Å². The highest BCUT2D eigenvalue weighted by molar-refractivity contribution is 5.79. The molecule has 0 aliphatic carbocycles. The summed E-state index contributed by atoms with van der Waals surface area (Å²) in [5, 5.41) is 0. The number of hydrogen-bond acceptors (Lipinski definition) is 2. The third kappa shape index (κ3) is 2.76. The maximum absolute atomic E-state index is 13.2. The summed E-state index contributed by atoms with van der Waals surface area (Å²) in [6, 6.07) is 2.87. The number of halogens is 3. The first kappa shape index (κ1) is 14.8. The molecule has 1 aromatic heterocycles. The van der Waals surface area contributed by atoms with Gasteiger partial charge in [0, 0.05) is 6.20 Å². The Balaban J connectivity index is 2.78. The molecule has 2 nitrogen and oxygen atoms in total. The molecule has 0 aliphatic heterocycles. The maximum atomic E-state index is 13.2. The van der Waals surface area contributed by atoms with Crippen LogP contribution in [-0.4, -0.2) is 9.97 Å². The van der Waals surface area contributed by atoms with Crippen LogP contribution in [0.25, 0.3) is 11.0 Å². The average molecular weight is 282 g/mol. The van der Waals surface area contributed by atoms with E-state index in [0.717, 1.165) is 0 Å². The zero-order valence-corrected chi connectivity index (χ0v) is 11.9. The van der Waals surface area contributed by atoms with E-state index >= 15 is 0 Å². The number of rotatable bonds is 2. The molecule has 0 N–H and O–H groups in total. The van der Waals surface area contributed by atoms with Crippen LogP contribution in [0.4, 0.5) is 13.2 Å². The van der Waals surface area contributed by atoms with Gasteiger partial charge in [-0.1, -0.05) is 27.7 Å². The highest BCUT2D eigenvalue weighted by atomic mass is 19.4. The van der Waals surface area contributed by atoms with Gasteiger partial charge in [-0.2, -0.15) is 13.2 Å². The first-order valence-corrected chi connectivity index (χ1v) is 6.58. The van der Waals surface area contributed by atoms with Crippen molar-refractivity contribution in [3.8, 4) is 0 Å². The first-order chi connectivity index (χ1) is 9.20. The Morgan fingerprint density at radius 1 is 1.00 bits per heavy atom. The minimum absolute atomic E-state index is 0.00655. The van der Waals surface area contributed by atoms with Crippen LogP contribution in [0.15, 0.2) is 18.3 Å². The molecule has 0 saturated carbocycles. The summed E-state index contributed by atoms with van der Waals surface area (Å²) in [7, 11) is 0. The van der Waals surface area contributed by atoms with Crippen molar-refractivity contribution in [1.82, 2.24) is 9.97 Å². The topological polar surface area (TPSA) is 25.8 Å². The summed E-state index contributed by atoms with van der Waals surface area (Å²) in [6.45, 7) is 7.48. The van der Waals surface area contributed by atoms with E-state index in [-0.39, 0.29) is 17.4 Å². The second kappa shape index (κ2) is 5.04. The van der Waals surface area contributed by atoms with Gasteiger partial charge in [0.2, 0.25) is 0 Å². The van der Waals surface area contributed by atoms with E-state index in [9.17, 15) is 13.2 Å². The monoisotopic (exact) mass is 282 g/mol. The van der Waals surface area contributed by atoms with Crippen LogP contribution in [0, 0.1) is 0 Å². The Morgan fingerprint density at radius 3 is 2.15 bits per heavy atom. The van der Waals surface area contributed by atoms with Gasteiger partial charge in [0.15, 0.2) is 0 Å². The van der Waals surface area contributed by atoms with Gasteiger partial charge < -0.3 is 0 Å². The first-order valence-electron chi connectivity index (χ1n) is 6.58. The number of benzene rings is 1. The molecule has 5 heteroatoms. The second-order valence-electron chi connectivity index (χ2n) is 5.54. The molecule has 2 aromatic rings. The van der Waals surface area contributed by atoms with Gasteiger partial charge in [-0.25, -0.2) is 4.98 Å². The zero-order chi connectivity index (χ0) is 15.1. The normalized spacial score (nSPS) is 12.7. The number of alkyl halides is 3. The van der Waals surface area contributed by atoms with E-state index in [0.29, 0.717) is 16.8 Å². The molecule has 0 bridgehead atoms. The van der Waals surface area contributed by atoms with E-state index < -0.39 is 11.7 Å². The summed E-state index contributed by atoms with van der Waals surface area (Å²) >= 11 is 0. The van der Waals surface area contributed by atoms with Gasteiger partial charge in [0.25, 0.3) is 0 Å². The highest BCUT2D eigenvalue weighted by Crippen LogP contribution is 2.36. The molecular formula is C15H17F3N2. The van der Waals surface area contributed by atoms with Crippen LogP contribution in [0.5, 0.6) is 0 Å². The Morgan fingerprint density at radius 2 is 1.65 bits per heavy atom. The van der Waals surface area contributed by atoms with Crippen LogP contribution in [-0.2, 0) is 6.18 Å². The van der Waals surface area contributed by atoms with Crippen LogP contribution < -0.4 is 0 Å². The average Bonchev–Trinajstić information content (AvgIpc) is 2.35. The lowest BCUT2D eigenvalue weighted by Gasteiger charge is -2.15. The predicted molar refractivity (Wildman–Crippen MR) is 72.7 cm³/mol. The van der Waals surface area contributed by atoms with Crippen molar-refractivity contribution in [2.75, 3.05) is 0 Å². The Bertz CT molecular complexity index is 631. The number of nitrogens with zero attached hydrogens (tertiary/aromatic N) is 2. The Labute approximate surface area is 116 Å². The van der Waals surface area contributed by atoms with Crippen molar-refractivity contribution in [1.29, 1.82) is 0 Å². The number of hydrogen-bond donors (Lipinski definition) is 0. The highest BCUT2D eigenvalue weighted by Gasteiger charge is 2.34. The summed E-state index contributed by atoms with van der Waals surface area (Å²) in [5.74, 6) is 0.0461. The lowest BCUT2D eigenvalue weighted by molar-refractivity contribution is -0.136. The third-order valence-corrected chi connectivity index (χ3v) is 3.25. The quantitative estimate of drug-likeness (QED) is 0.783. The van der Waals surface area contributed by atoms with Crippen LogP contribution in [0.3, 0.4) is 0 Å². The lowest BCUT2D eigenvalue weighted by atomic mass is 9.98. The van der Waals surface area contributed by atoms with E-state index in [4.69, 9.17) is 0 Å². The predicted octanol–water partition coefficient (Wildman–Crippen LogP) is 4.90. The third-order valence-electron chi connectivity index (χ3n) is 3.25. The SMILES string of the molecule is CC(C)c1cc(C(F)(F)F)c2nc(C(C)C)cnc2c1. The van der Waals surface area contributed by atoms with Crippen molar-refractivity contribution >= 4 is 11.0 Å². The van der Waals surface area contributed by atoms with Crippen LogP contribution >= 0.6 is 0 Å². The van der Waals surface area contributed by atoms with Gasteiger partial charge in [-0.05, 0) is 29.5 Å². The summed E-state index contributed by atoms with van der Waals surface area (Å²) in [6.07, 6.45) is -2.87. The van der Waals surface area contributed by atoms with Gasteiger partial charge in [-0.3, -0.25) is 4.98 Å². The number of fused-ring (bicyclic) bond motifs is 1. The van der Waals surface area contributed by atoms with E-state index in [1.54, 1.807) is 12.3 Å². The van der Waals surface area contributed by atoms with Gasteiger partial charge in [0.1, 0.15) is 5.52 Å². The van der Waals surface area contributed by atoms with E-state index in [1.165, 1.54) is 6.07 Å². The van der Waals surface area contributed by atoms with Crippen molar-refractivity contribution in [3.63, 3.8) is 0 Å². The smallest absolute Gasteiger partial charge is 0.253 e. The molecule has 0 radical (unpaired) electrons. The summed E-state index contributed by atoms with van der Waals surface area (Å²) in [4.78, 5) is 8.32. The fraction of sp³-hybridized carbons (Fsp3) is 0.467. The molecule has 20 heavy (non-hydrogen) atoms. The van der Waals surface area contributed by atoms with E-state index in [2.05, 4.69) is 9.97 Å². The molecule has 0 aliphatic rings. The minimum Gasteiger partial charge on any atom is -0.253 e. The molecule has 0 saturated heterocycles. The Hall–Kier alpha value is -1.65. The molecular weight excluding hydrogens is 265 g/mol. The number of aromatic nitrogens is 2. The van der Waals surface area contributed by atoms with E-state index in [1.807, 2.05) is 27.7 Å². The molecule has 0 fully saturated rings. The lowest BCUT2D eigenvalue weighted by Crippen LogP contribution is -2.09. The molecule has 0 spiro atoms. The second-order valence-corrected chi connectivity index (χ2v) is 5.54. The van der Waals surface area contributed by atoms with Crippen molar-refractivity contribution in [2.45, 2.75) is 45.7 Å². The standard InChI is InChI=1S/C15H17F3N2/c1-8(2)10-5-11(15(16,17)18)14-12(6-10)19-7-13(20-14)9(3)4/h5-9H,1-4H3. The van der Waals surface area contributed by atoms with Gasteiger partial charge in [-0.15, -0.1) is 0 Å². The summed E-state index contributed by atoms with van der Waals surface area (Å²) in [5.41, 5.74) is 0.728. The fourth-order valence-electron chi connectivity index (χ4n) is 1.98. The Kier molecular flexibility index (Phi) is 3.71. The van der Waals surface area contributed by atoms with Gasteiger partial charge in [0.05, 0.1) is 16.8 Å². The molecule has 1 heterocycles. The van der Waals surface area contributed by atoms with Gasteiger partial charge >= 0.3 is 6.18 Å². The van der Waals surface area contributed by atoms with Crippen molar-refractivity contribution in [2.24, 2.45) is 0 Å². The molecule has 108 valence electrons. The molecule has 2 rings (SSSR count). The molecule has 0 amide bonds. The van der Waals surface area contributed by atoms with Crippen LogP contribution in [0.1, 0.15) is 56.4 Å². The van der Waals surface area contributed by atoms with Crippen molar-refractivity contribution < 1.29 is 13.2 Å². The fourth-order valence-corrected chi connectivity index (χ4v) is 1.98. The maximum Gasteiger partial charge on any atom is 0.418 e. The molecule has 0 unspecified atom stereocenters. The minimum atomic E-state index is -4.42. The molecule has 0 atom stereocenters. The molecule has 1 aromatic carbocycles.